The van der Waals surface area contributed by atoms with Crippen molar-refractivity contribution in [3.8, 4) is 0 Å². The van der Waals surface area contributed by atoms with Crippen molar-refractivity contribution in [2.45, 2.75) is 25.3 Å². The van der Waals surface area contributed by atoms with E-state index >= 15 is 0 Å². The Labute approximate surface area is 91.4 Å². The molecule has 16 heavy (non-hydrogen) atoms. The Kier molecular flexibility index (Phi) is 2.01. The van der Waals surface area contributed by atoms with Crippen molar-refractivity contribution in [1.82, 2.24) is 4.98 Å². The van der Waals surface area contributed by atoms with Crippen LogP contribution in [0, 0.1) is 11.6 Å². The predicted octanol–water partition coefficient (Wildman–Crippen LogP) is 2.78. The SMILES string of the molecule is NC1CCCc2[nH]c3c(F)cc(F)cc3c21. The molecule has 1 aliphatic rings. The lowest BCUT2D eigenvalue weighted by Gasteiger charge is -2.18. The summed E-state index contributed by atoms with van der Waals surface area (Å²) in [6.45, 7) is 0. The van der Waals surface area contributed by atoms with E-state index in [0.717, 1.165) is 36.6 Å². The Bertz CT molecular complexity index is 560. The molecule has 2 aromatic rings. The lowest BCUT2D eigenvalue weighted by molar-refractivity contribution is 0.569. The second kappa shape index (κ2) is 3.28. The molecule has 2 nitrogen and oxygen atoms in total. The number of halogens is 2. The highest BCUT2D eigenvalue weighted by Crippen LogP contribution is 2.35. The number of rotatable bonds is 0. The topological polar surface area (TPSA) is 41.8 Å². The number of nitrogens with two attached hydrogens (primary N) is 1. The molecule has 0 spiro atoms. The van der Waals surface area contributed by atoms with Gasteiger partial charge in [0.2, 0.25) is 0 Å². The number of fused-ring (bicyclic) bond motifs is 3. The maximum atomic E-state index is 13.5. The number of aromatic nitrogens is 1. The van der Waals surface area contributed by atoms with E-state index in [-0.39, 0.29) is 6.04 Å². The highest BCUT2D eigenvalue weighted by atomic mass is 19.1. The summed E-state index contributed by atoms with van der Waals surface area (Å²) in [5, 5.41) is 0.597. The van der Waals surface area contributed by atoms with Crippen LogP contribution in [0.25, 0.3) is 10.9 Å². The molecule has 0 bridgehead atoms. The monoisotopic (exact) mass is 222 g/mol. The molecule has 84 valence electrons. The first kappa shape index (κ1) is 9.78. The molecule has 4 heteroatoms. The fraction of sp³-hybridized carbons (Fsp3) is 0.333. The molecule has 0 radical (unpaired) electrons. The maximum absolute atomic E-state index is 13.5. The fourth-order valence-electron chi connectivity index (χ4n) is 2.56. The molecule has 1 aromatic heterocycles. The minimum absolute atomic E-state index is 0.112. The molecule has 0 fully saturated rings. The average molecular weight is 222 g/mol. The highest BCUT2D eigenvalue weighted by molar-refractivity contribution is 5.86. The Balaban J connectivity index is 2.38. The van der Waals surface area contributed by atoms with Crippen molar-refractivity contribution >= 4 is 10.9 Å². The van der Waals surface area contributed by atoms with E-state index in [1.54, 1.807) is 0 Å². The standard InChI is InChI=1S/C12H12F2N2/c13-6-4-7-11-9(15)2-1-3-10(11)16-12(7)8(14)5-6/h4-5,9,16H,1-3,15H2. The summed E-state index contributed by atoms with van der Waals surface area (Å²) in [7, 11) is 0. The van der Waals surface area contributed by atoms with Gasteiger partial charge >= 0.3 is 0 Å². The first-order valence-corrected chi connectivity index (χ1v) is 5.42. The smallest absolute Gasteiger partial charge is 0.150 e. The van der Waals surface area contributed by atoms with Crippen LogP contribution in [0.5, 0.6) is 0 Å². The van der Waals surface area contributed by atoms with Gasteiger partial charge in [-0.2, -0.15) is 0 Å². The molecule has 0 saturated heterocycles. The minimum Gasteiger partial charge on any atom is -0.356 e. The third-order valence-corrected chi connectivity index (χ3v) is 3.26. The van der Waals surface area contributed by atoms with Crippen LogP contribution in [0.15, 0.2) is 12.1 Å². The summed E-state index contributed by atoms with van der Waals surface area (Å²) in [5.74, 6) is -1.10. The van der Waals surface area contributed by atoms with Gasteiger partial charge in [-0.15, -0.1) is 0 Å². The molecule has 0 saturated carbocycles. The molecule has 1 aliphatic carbocycles. The summed E-state index contributed by atoms with van der Waals surface area (Å²) in [4.78, 5) is 3.02. The van der Waals surface area contributed by atoms with Crippen LogP contribution in [0.2, 0.25) is 0 Å². The molecule has 0 amide bonds. The zero-order valence-corrected chi connectivity index (χ0v) is 8.69. The number of aryl methyl sites for hydroxylation is 1. The summed E-state index contributed by atoms with van der Waals surface area (Å²) in [6, 6.07) is 2.15. The molecule has 1 heterocycles. The Morgan fingerprint density at radius 2 is 2.12 bits per heavy atom. The quantitative estimate of drug-likeness (QED) is 0.707. The van der Waals surface area contributed by atoms with Gasteiger partial charge < -0.3 is 10.7 Å². The van der Waals surface area contributed by atoms with Crippen LogP contribution in [0.3, 0.4) is 0 Å². The van der Waals surface area contributed by atoms with Crippen LogP contribution in [0.1, 0.15) is 30.1 Å². The third-order valence-electron chi connectivity index (χ3n) is 3.26. The molecule has 1 unspecified atom stereocenters. The first-order chi connectivity index (χ1) is 7.66. The molecular formula is C12H12F2N2. The van der Waals surface area contributed by atoms with Crippen molar-refractivity contribution in [3.05, 3.63) is 35.0 Å². The van der Waals surface area contributed by atoms with E-state index < -0.39 is 11.6 Å². The Hall–Kier alpha value is -1.42. The van der Waals surface area contributed by atoms with E-state index in [1.165, 1.54) is 6.07 Å². The van der Waals surface area contributed by atoms with Crippen molar-refractivity contribution in [2.75, 3.05) is 0 Å². The number of benzene rings is 1. The van der Waals surface area contributed by atoms with Gasteiger partial charge in [-0.3, -0.25) is 0 Å². The van der Waals surface area contributed by atoms with Crippen LogP contribution in [0.4, 0.5) is 8.78 Å². The number of aromatic amines is 1. The maximum Gasteiger partial charge on any atom is 0.150 e. The van der Waals surface area contributed by atoms with Crippen LogP contribution in [-0.2, 0) is 6.42 Å². The van der Waals surface area contributed by atoms with Gasteiger partial charge in [0.1, 0.15) is 11.6 Å². The Morgan fingerprint density at radius 1 is 1.31 bits per heavy atom. The normalized spacial score (nSPS) is 20.1. The van der Waals surface area contributed by atoms with Crippen molar-refractivity contribution < 1.29 is 8.78 Å². The predicted molar refractivity (Wildman–Crippen MR) is 58.1 cm³/mol. The number of nitrogens with one attached hydrogen (secondary N) is 1. The molecular weight excluding hydrogens is 210 g/mol. The molecule has 0 aliphatic heterocycles. The third kappa shape index (κ3) is 1.26. The van der Waals surface area contributed by atoms with E-state index in [2.05, 4.69) is 4.98 Å². The van der Waals surface area contributed by atoms with Crippen molar-refractivity contribution in [3.63, 3.8) is 0 Å². The second-order valence-corrected chi connectivity index (χ2v) is 4.33. The average Bonchev–Trinajstić information content (AvgIpc) is 2.58. The van der Waals surface area contributed by atoms with Gasteiger partial charge in [-0.1, -0.05) is 0 Å². The Morgan fingerprint density at radius 3 is 2.94 bits per heavy atom. The molecule has 3 rings (SSSR count). The fourth-order valence-corrected chi connectivity index (χ4v) is 2.56. The molecule has 3 N–H and O–H groups in total. The zero-order chi connectivity index (χ0) is 11.3. The van der Waals surface area contributed by atoms with Crippen LogP contribution < -0.4 is 5.73 Å². The molecule has 1 aromatic carbocycles. The number of H-pyrrole nitrogens is 1. The second-order valence-electron chi connectivity index (χ2n) is 4.33. The largest absolute Gasteiger partial charge is 0.356 e. The summed E-state index contributed by atoms with van der Waals surface area (Å²) >= 11 is 0. The summed E-state index contributed by atoms with van der Waals surface area (Å²) in [5.41, 5.74) is 8.22. The van der Waals surface area contributed by atoms with Crippen LogP contribution in [-0.4, -0.2) is 4.98 Å². The molecule has 1 atom stereocenters. The highest BCUT2D eigenvalue weighted by Gasteiger charge is 2.23. The lowest BCUT2D eigenvalue weighted by Crippen LogP contribution is -2.16. The summed E-state index contributed by atoms with van der Waals surface area (Å²) < 4.78 is 26.7. The van der Waals surface area contributed by atoms with Gasteiger partial charge in [0, 0.05) is 23.2 Å². The van der Waals surface area contributed by atoms with Gasteiger partial charge in [-0.05, 0) is 30.9 Å². The van der Waals surface area contributed by atoms with E-state index in [0.29, 0.717) is 10.9 Å². The van der Waals surface area contributed by atoms with E-state index in [9.17, 15) is 8.78 Å². The van der Waals surface area contributed by atoms with E-state index in [4.69, 9.17) is 5.73 Å². The minimum atomic E-state index is -0.551. The number of hydrogen-bond acceptors (Lipinski definition) is 1. The van der Waals surface area contributed by atoms with Gasteiger partial charge in [-0.25, -0.2) is 8.78 Å². The van der Waals surface area contributed by atoms with Gasteiger partial charge in [0.05, 0.1) is 5.52 Å². The zero-order valence-electron chi connectivity index (χ0n) is 8.69. The number of hydrogen-bond donors (Lipinski definition) is 2. The van der Waals surface area contributed by atoms with Crippen LogP contribution >= 0.6 is 0 Å². The lowest BCUT2D eigenvalue weighted by atomic mass is 9.91. The van der Waals surface area contributed by atoms with Gasteiger partial charge in [0.25, 0.3) is 0 Å². The van der Waals surface area contributed by atoms with Crippen molar-refractivity contribution in [1.29, 1.82) is 0 Å². The van der Waals surface area contributed by atoms with Crippen molar-refractivity contribution in [2.24, 2.45) is 5.73 Å². The van der Waals surface area contributed by atoms with E-state index in [1.807, 2.05) is 0 Å². The van der Waals surface area contributed by atoms with Gasteiger partial charge in [0.15, 0.2) is 0 Å². The first-order valence-electron chi connectivity index (χ1n) is 5.42. The summed E-state index contributed by atoms with van der Waals surface area (Å²) in [6.07, 6.45) is 2.72.